The second-order valence-corrected chi connectivity index (χ2v) is 6.12. The molecule has 2 N–H and O–H groups in total. The molecule has 4 heteroatoms. The molecule has 0 aliphatic heterocycles. The van der Waals surface area contributed by atoms with Gasteiger partial charge in [0.05, 0.1) is 5.52 Å². The minimum Gasteiger partial charge on any atom is -0.408 e. The Balaban J connectivity index is 2.01. The van der Waals surface area contributed by atoms with Crippen LogP contribution in [-0.4, -0.2) is 11.5 Å². The van der Waals surface area contributed by atoms with Crippen molar-refractivity contribution in [3.05, 3.63) is 34.3 Å². The molecule has 0 saturated heterocycles. The van der Waals surface area contributed by atoms with Crippen LogP contribution < -0.4 is 11.1 Å². The molecule has 3 rings (SSSR count). The Morgan fingerprint density at radius 3 is 2.85 bits per heavy atom. The number of rotatable bonds is 4. The Morgan fingerprint density at radius 2 is 2.15 bits per heavy atom. The minimum atomic E-state index is -0.385. The fourth-order valence-corrected chi connectivity index (χ4v) is 3.58. The van der Waals surface area contributed by atoms with Gasteiger partial charge >= 0.3 is 5.76 Å². The topological polar surface area (TPSA) is 58.0 Å². The Labute approximate surface area is 118 Å². The smallest absolute Gasteiger partial charge is 0.408 e. The average molecular weight is 274 g/mol. The van der Waals surface area contributed by atoms with Gasteiger partial charge in [-0.3, -0.25) is 4.98 Å². The molecule has 20 heavy (non-hydrogen) atoms. The molecule has 108 valence electrons. The molecule has 2 aromatic rings. The summed E-state index contributed by atoms with van der Waals surface area (Å²) in [7, 11) is 0. The number of nitrogens with one attached hydrogen (secondary N) is 2. The molecule has 1 unspecified atom stereocenters. The first kappa shape index (κ1) is 13.4. The zero-order valence-corrected chi connectivity index (χ0v) is 12.2. The molecule has 4 nitrogen and oxygen atoms in total. The number of benzene rings is 1. The Hall–Kier alpha value is -1.55. The van der Waals surface area contributed by atoms with Gasteiger partial charge in [-0.05, 0) is 42.5 Å². The van der Waals surface area contributed by atoms with Crippen molar-refractivity contribution in [2.75, 3.05) is 6.54 Å². The molecule has 1 heterocycles. The van der Waals surface area contributed by atoms with Crippen LogP contribution in [0.5, 0.6) is 0 Å². The van der Waals surface area contributed by atoms with Gasteiger partial charge < -0.3 is 9.73 Å². The molecule has 1 aromatic carbocycles. The minimum absolute atomic E-state index is 0.292. The third kappa shape index (κ3) is 2.29. The summed E-state index contributed by atoms with van der Waals surface area (Å²) in [6, 6.07) is 6.37. The maximum atomic E-state index is 11.3. The number of aromatic amines is 1. The van der Waals surface area contributed by atoms with Crippen molar-refractivity contribution < 1.29 is 4.42 Å². The van der Waals surface area contributed by atoms with Crippen LogP contribution in [0.15, 0.2) is 27.4 Å². The lowest BCUT2D eigenvalue weighted by molar-refractivity contribution is 0.226. The van der Waals surface area contributed by atoms with Crippen LogP contribution in [0.1, 0.15) is 51.1 Å². The number of hydrogen-bond donors (Lipinski definition) is 2. The van der Waals surface area contributed by atoms with Gasteiger partial charge in [-0.25, -0.2) is 4.79 Å². The Kier molecular flexibility index (Phi) is 3.42. The van der Waals surface area contributed by atoms with Gasteiger partial charge in [-0.2, -0.15) is 0 Å². The molecule has 1 aliphatic carbocycles. The summed E-state index contributed by atoms with van der Waals surface area (Å²) >= 11 is 0. The van der Waals surface area contributed by atoms with E-state index in [4.69, 9.17) is 4.42 Å². The van der Waals surface area contributed by atoms with Crippen LogP contribution in [0.3, 0.4) is 0 Å². The molecule has 1 aromatic heterocycles. The van der Waals surface area contributed by atoms with Gasteiger partial charge in [0.15, 0.2) is 5.58 Å². The first-order chi connectivity index (χ1) is 9.62. The highest BCUT2D eigenvalue weighted by atomic mass is 16.4. The summed E-state index contributed by atoms with van der Waals surface area (Å²) in [4.78, 5) is 14.0. The first-order valence-electron chi connectivity index (χ1n) is 7.48. The van der Waals surface area contributed by atoms with Crippen molar-refractivity contribution in [2.24, 2.45) is 5.41 Å². The number of aromatic nitrogens is 1. The molecular formula is C16H22N2O2. The standard InChI is InChI=1S/C16H22N2O2/c1-3-17-14(16(2)8-4-5-9-16)11-6-7-12-13(10-11)20-15(19)18-12/h6-7,10,14,17H,3-5,8-9H2,1-2H3,(H,18,19). The molecule has 0 bridgehead atoms. The summed E-state index contributed by atoms with van der Waals surface area (Å²) in [6.07, 6.45) is 5.11. The van der Waals surface area contributed by atoms with Crippen LogP contribution in [0.2, 0.25) is 0 Å². The highest BCUT2D eigenvalue weighted by Gasteiger charge is 2.37. The van der Waals surface area contributed by atoms with E-state index in [2.05, 4.69) is 30.2 Å². The van der Waals surface area contributed by atoms with Crippen LogP contribution >= 0.6 is 0 Å². The number of fused-ring (bicyclic) bond motifs is 1. The third-order valence-corrected chi connectivity index (χ3v) is 4.63. The van der Waals surface area contributed by atoms with Crippen molar-refractivity contribution in [2.45, 2.75) is 45.6 Å². The van der Waals surface area contributed by atoms with Crippen LogP contribution in [-0.2, 0) is 0 Å². The molecule has 0 spiro atoms. The van der Waals surface area contributed by atoms with E-state index in [1.807, 2.05) is 12.1 Å². The van der Waals surface area contributed by atoms with Crippen molar-refractivity contribution >= 4 is 11.1 Å². The molecule has 1 saturated carbocycles. The predicted octanol–water partition coefficient (Wildman–Crippen LogP) is 3.35. The van der Waals surface area contributed by atoms with Crippen LogP contribution in [0, 0.1) is 5.41 Å². The van der Waals surface area contributed by atoms with Gasteiger partial charge in [-0.1, -0.05) is 32.8 Å². The van der Waals surface area contributed by atoms with E-state index >= 15 is 0 Å². The molecule has 0 amide bonds. The van der Waals surface area contributed by atoms with E-state index in [9.17, 15) is 4.79 Å². The molecule has 0 radical (unpaired) electrons. The fraction of sp³-hybridized carbons (Fsp3) is 0.562. The lowest BCUT2D eigenvalue weighted by Gasteiger charge is -2.35. The van der Waals surface area contributed by atoms with E-state index < -0.39 is 0 Å². The quantitative estimate of drug-likeness (QED) is 0.899. The largest absolute Gasteiger partial charge is 0.417 e. The van der Waals surface area contributed by atoms with E-state index in [1.54, 1.807) is 0 Å². The second-order valence-electron chi connectivity index (χ2n) is 6.12. The zero-order chi connectivity index (χ0) is 14.2. The van der Waals surface area contributed by atoms with E-state index in [0.717, 1.165) is 12.1 Å². The highest BCUT2D eigenvalue weighted by Crippen LogP contribution is 2.47. The molecule has 1 atom stereocenters. The number of oxazole rings is 1. The lowest BCUT2D eigenvalue weighted by Crippen LogP contribution is -2.34. The maximum absolute atomic E-state index is 11.3. The first-order valence-corrected chi connectivity index (χ1v) is 7.48. The summed E-state index contributed by atoms with van der Waals surface area (Å²) < 4.78 is 5.19. The summed E-state index contributed by atoms with van der Waals surface area (Å²) in [5.41, 5.74) is 2.93. The SMILES string of the molecule is CCNC(c1ccc2[nH]c(=O)oc2c1)C1(C)CCCC1. The van der Waals surface area contributed by atoms with Gasteiger partial charge in [0.25, 0.3) is 0 Å². The van der Waals surface area contributed by atoms with Crippen molar-refractivity contribution in [3.63, 3.8) is 0 Å². The Bertz CT molecular complexity index is 650. The van der Waals surface area contributed by atoms with Gasteiger partial charge in [0.2, 0.25) is 0 Å². The fourth-order valence-electron chi connectivity index (χ4n) is 3.58. The average Bonchev–Trinajstić information content (AvgIpc) is 3.00. The van der Waals surface area contributed by atoms with Gasteiger partial charge in [0, 0.05) is 6.04 Å². The van der Waals surface area contributed by atoms with Gasteiger partial charge in [-0.15, -0.1) is 0 Å². The molecule has 1 fully saturated rings. The lowest BCUT2D eigenvalue weighted by atomic mass is 9.77. The number of H-pyrrole nitrogens is 1. The van der Waals surface area contributed by atoms with Crippen molar-refractivity contribution in [3.8, 4) is 0 Å². The normalized spacial score (nSPS) is 19.5. The third-order valence-electron chi connectivity index (χ3n) is 4.63. The molecular weight excluding hydrogens is 252 g/mol. The summed E-state index contributed by atoms with van der Waals surface area (Å²) in [6.45, 7) is 5.44. The van der Waals surface area contributed by atoms with Gasteiger partial charge in [0.1, 0.15) is 0 Å². The predicted molar refractivity (Wildman–Crippen MR) is 79.8 cm³/mol. The van der Waals surface area contributed by atoms with Crippen LogP contribution in [0.25, 0.3) is 11.1 Å². The second kappa shape index (κ2) is 5.09. The maximum Gasteiger partial charge on any atom is 0.417 e. The highest BCUT2D eigenvalue weighted by molar-refractivity contribution is 5.72. The van der Waals surface area contributed by atoms with Crippen molar-refractivity contribution in [1.29, 1.82) is 0 Å². The number of hydrogen-bond acceptors (Lipinski definition) is 3. The summed E-state index contributed by atoms with van der Waals surface area (Å²) in [5, 5.41) is 3.62. The Morgan fingerprint density at radius 1 is 1.40 bits per heavy atom. The summed E-state index contributed by atoms with van der Waals surface area (Å²) in [5.74, 6) is -0.385. The van der Waals surface area contributed by atoms with Crippen molar-refractivity contribution in [1.82, 2.24) is 10.3 Å². The van der Waals surface area contributed by atoms with E-state index in [0.29, 0.717) is 17.0 Å². The molecule has 1 aliphatic rings. The van der Waals surface area contributed by atoms with E-state index in [-0.39, 0.29) is 5.76 Å². The zero-order valence-electron chi connectivity index (χ0n) is 12.2. The monoisotopic (exact) mass is 274 g/mol. The van der Waals surface area contributed by atoms with E-state index in [1.165, 1.54) is 31.2 Å². The van der Waals surface area contributed by atoms with Crippen LogP contribution in [0.4, 0.5) is 0 Å².